The summed E-state index contributed by atoms with van der Waals surface area (Å²) in [5.41, 5.74) is 0. The summed E-state index contributed by atoms with van der Waals surface area (Å²) in [5.74, 6) is 0. The first-order valence-corrected chi connectivity index (χ1v) is 5.66. The van der Waals surface area contributed by atoms with E-state index in [0.29, 0.717) is 11.6 Å². The van der Waals surface area contributed by atoms with Crippen molar-refractivity contribution in [1.29, 1.82) is 0 Å². The Hall–Kier alpha value is -0.210. The van der Waals surface area contributed by atoms with Crippen molar-refractivity contribution in [3.05, 3.63) is 11.6 Å². The zero-order valence-electron chi connectivity index (χ0n) is 8.14. The fourth-order valence-electron chi connectivity index (χ4n) is 1.91. The van der Waals surface area contributed by atoms with Gasteiger partial charge in [0.25, 0.3) is 0 Å². The van der Waals surface area contributed by atoms with Gasteiger partial charge in [0.2, 0.25) is 0 Å². The van der Waals surface area contributed by atoms with E-state index >= 15 is 0 Å². The van der Waals surface area contributed by atoms with Gasteiger partial charge in [0, 0.05) is 11.1 Å². The van der Waals surface area contributed by atoms with Crippen molar-refractivity contribution in [1.82, 2.24) is 4.90 Å². The standard InChI is InChI=1S/C10H15Cl2NO/c1-8(11)7-13(10(12)14)9-5-3-2-4-6-9/h9H,1-7H2. The monoisotopic (exact) mass is 235 g/mol. The molecule has 80 valence electrons. The van der Waals surface area contributed by atoms with Crippen LogP contribution in [-0.4, -0.2) is 22.9 Å². The molecule has 0 radical (unpaired) electrons. The third-order valence-electron chi connectivity index (χ3n) is 2.58. The van der Waals surface area contributed by atoms with Crippen LogP contribution in [0.25, 0.3) is 0 Å². The van der Waals surface area contributed by atoms with Crippen molar-refractivity contribution in [3.8, 4) is 0 Å². The van der Waals surface area contributed by atoms with Gasteiger partial charge in [-0.05, 0) is 24.4 Å². The third-order valence-corrected chi connectivity index (χ3v) is 2.92. The number of amides is 1. The predicted molar refractivity (Wildman–Crippen MR) is 59.8 cm³/mol. The molecule has 1 fully saturated rings. The number of carbonyl (C=O) groups is 1. The molecule has 1 aliphatic carbocycles. The molecule has 2 nitrogen and oxygen atoms in total. The maximum absolute atomic E-state index is 11.2. The van der Waals surface area contributed by atoms with E-state index in [4.69, 9.17) is 23.2 Å². The van der Waals surface area contributed by atoms with Crippen molar-refractivity contribution in [3.63, 3.8) is 0 Å². The molecule has 0 heterocycles. The number of nitrogens with zero attached hydrogens (tertiary/aromatic N) is 1. The highest BCUT2D eigenvalue weighted by Gasteiger charge is 2.24. The average molecular weight is 236 g/mol. The van der Waals surface area contributed by atoms with Crippen molar-refractivity contribution in [2.45, 2.75) is 38.1 Å². The lowest BCUT2D eigenvalue weighted by molar-refractivity contribution is 0.185. The van der Waals surface area contributed by atoms with E-state index in [-0.39, 0.29) is 6.04 Å². The minimum atomic E-state index is -0.418. The van der Waals surface area contributed by atoms with E-state index in [9.17, 15) is 4.79 Å². The Morgan fingerprint density at radius 2 is 1.86 bits per heavy atom. The van der Waals surface area contributed by atoms with Crippen LogP contribution in [0.3, 0.4) is 0 Å². The molecule has 0 N–H and O–H groups in total. The van der Waals surface area contributed by atoms with Gasteiger partial charge in [0.05, 0.1) is 6.54 Å². The van der Waals surface area contributed by atoms with Gasteiger partial charge in [-0.15, -0.1) is 0 Å². The molecule has 0 saturated heterocycles. The van der Waals surface area contributed by atoms with E-state index in [0.717, 1.165) is 12.8 Å². The molecule has 1 aliphatic rings. The largest absolute Gasteiger partial charge is 0.321 e. The Labute approximate surface area is 94.9 Å². The number of carbonyl (C=O) groups excluding carboxylic acids is 1. The van der Waals surface area contributed by atoms with Crippen LogP contribution < -0.4 is 0 Å². The first-order chi connectivity index (χ1) is 6.61. The van der Waals surface area contributed by atoms with Crippen molar-refractivity contribution < 1.29 is 4.79 Å². The summed E-state index contributed by atoms with van der Waals surface area (Å²) in [6, 6.07) is 0.254. The van der Waals surface area contributed by atoms with Gasteiger partial charge in [0.1, 0.15) is 0 Å². The van der Waals surface area contributed by atoms with Crippen LogP contribution in [0.5, 0.6) is 0 Å². The SMILES string of the molecule is C=C(Cl)CN(C(=O)Cl)C1CCCCC1. The van der Waals surface area contributed by atoms with Gasteiger partial charge >= 0.3 is 5.37 Å². The molecule has 0 atom stereocenters. The van der Waals surface area contributed by atoms with Gasteiger partial charge in [-0.2, -0.15) is 0 Å². The van der Waals surface area contributed by atoms with Crippen LogP contribution in [0.2, 0.25) is 0 Å². The number of hydrogen-bond donors (Lipinski definition) is 0. The molecule has 0 aromatic heterocycles. The maximum Gasteiger partial charge on any atom is 0.316 e. The number of hydrogen-bond acceptors (Lipinski definition) is 1. The van der Waals surface area contributed by atoms with E-state index in [1.807, 2.05) is 0 Å². The molecule has 1 rings (SSSR count). The first kappa shape index (κ1) is 11.9. The van der Waals surface area contributed by atoms with E-state index < -0.39 is 5.37 Å². The Morgan fingerprint density at radius 3 is 2.29 bits per heavy atom. The summed E-state index contributed by atoms with van der Waals surface area (Å²) in [6.45, 7) is 3.95. The van der Waals surface area contributed by atoms with Gasteiger partial charge < -0.3 is 4.90 Å². The van der Waals surface area contributed by atoms with Gasteiger partial charge in [0.15, 0.2) is 0 Å². The number of rotatable bonds is 3. The molecule has 1 saturated carbocycles. The average Bonchev–Trinajstić information content (AvgIpc) is 2.15. The van der Waals surface area contributed by atoms with Crippen LogP contribution >= 0.6 is 23.2 Å². The van der Waals surface area contributed by atoms with Crippen LogP contribution in [0, 0.1) is 0 Å². The van der Waals surface area contributed by atoms with Gasteiger partial charge in [-0.1, -0.05) is 37.4 Å². The smallest absolute Gasteiger partial charge is 0.316 e. The predicted octanol–water partition coefficient (Wildman–Crippen LogP) is 3.73. The first-order valence-electron chi connectivity index (χ1n) is 4.90. The molecule has 0 bridgehead atoms. The lowest BCUT2D eigenvalue weighted by Gasteiger charge is -2.32. The highest BCUT2D eigenvalue weighted by atomic mass is 35.5. The van der Waals surface area contributed by atoms with Crippen LogP contribution in [-0.2, 0) is 0 Å². The molecular formula is C10H15Cl2NO. The molecule has 0 unspecified atom stereocenters. The van der Waals surface area contributed by atoms with Gasteiger partial charge in [-0.25, -0.2) is 0 Å². The fraction of sp³-hybridized carbons (Fsp3) is 0.700. The minimum Gasteiger partial charge on any atom is -0.321 e. The summed E-state index contributed by atoms with van der Waals surface area (Å²) >= 11 is 11.2. The zero-order chi connectivity index (χ0) is 10.6. The molecule has 0 spiro atoms. The molecule has 4 heteroatoms. The normalized spacial score (nSPS) is 17.9. The summed E-state index contributed by atoms with van der Waals surface area (Å²) in [4.78, 5) is 12.8. The highest BCUT2D eigenvalue weighted by Crippen LogP contribution is 2.24. The summed E-state index contributed by atoms with van der Waals surface area (Å²) in [6.07, 6.45) is 5.65. The van der Waals surface area contributed by atoms with Crippen LogP contribution in [0.15, 0.2) is 11.6 Å². The highest BCUT2D eigenvalue weighted by molar-refractivity contribution is 6.62. The second-order valence-electron chi connectivity index (χ2n) is 3.69. The van der Waals surface area contributed by atoms with E-state index in [1.165, 1.54) is 19.3 Å². The topological polar surface area (TPSA) is 20.3 Å². The van der Waals surface area contributed by atoms with Crippen molar-refractivity contribution in [2.75, 3.05) is 6.54 Å². The van der Waals surface area contributed by atoms with Crippen molar-refractivity contribution >= 4 is 28.6 Å². The maximum atomic E-state index is 11.2. The third kappa shape index (κ3) is 3.50. The quantitative estimate of drug-likeness (QED) is 0.540. The Balaban J connectivity index is 2.56. The number of halogens is 2. The molecule has 0 aliphatic heterocycles. The molecule has 0 aromatic rings. The molecule has 0 aromatic carbocycles. The van der Waals surface area contributed by atoms with E-state index in [1.54, 1.807) is 4.90 Å². The summed E-state index contributed by atoms with van der Waals surface area (Å²) in [5, 5.41) is 0.0447. The molecular weight excluding hydrogens is 221 g/mol. The summed E-state index contributed by atoms with van der Waals surface area (Å²) in [7, 11) is 0. The van der Waals surface area contributed by atoms with Gasteiger partial charge in [-0.3, -0.25) is 4.79 Å². The second kappa shape index (κ2) is 5.62. The lowest BCUT2D eigenvalue weighted by atomic mass is 9.94. The van der Waals surface area contributed by atoms with Crippen LogP contribution in [0.1, 0.15) is 32.1 Å². The summed E-state index contributed by atoms with van der Waals surface area (Å²) < 4.78 is 0. The Morgan fingerprint density at radius 1 is 1.29 bits per heavy atom. The molecule has 1 amide bonds. The minimum absolute atomic E-state index is 0.254. The Kier molecular flexibility index (Phi) is 4.76. The second-order valence-corrected chi connectivity index (χ2v) is 4.55. The van der Waals surface area contributed by atoms with Crippen LogP contribution in [0.4, 0.5) is 4.79 Å². The fourth-order valence-corrected chi connectivity index (χ4v) is 2.24. The van der Waals surface area contributed by atoms with Crippen molar-refractivity contribution in [2.24, 2.45) is 0 Å². The lowest BCUT2D eigenvalue weighted by Crippen LogP contribution is -2.39. The zero-order valence-corrected chi connectivity index (χ0v) is 9.65. The van der Waals surface area contributed by atoms with E-state index in [2.05, 4.69) is 6.58 Å². The Bertz CT molecular complexity index is 224. The molecule has 14 heavy (non-hydrogen) atoms.